The van der Waals surface area contributed by atoms with Crippen molar-refractivity contribution in [3.8, 4) is 0 Å². The highest BCUT2D eigenvalue weighted by Crippen LogP contribution is 2.51. The van der Waals surface area contributed by atoms with Gasteiger partial charge in [0.15, 0.2) is 6.23 Å². The highest BCUT2D eigenvalue weighted by Gasteiger charge is 2.59. The molecule has 2 aliphatic heterocycles. The van der Waals surface area contributed by atoms with Crippen LogP contribution in [0.1, 0.15) is 12.6 Å². The summed E-state index contributed by atoms with van der Waals surface area (Å²) < 4.78 is 33.7. The van der Waals surface area contributed by atoms with E-state index in [1.165, 1.54) is 6.07 Å². The van der Waals surface area contributed by atoms with Gasteiger partial charge in [0.25, 0.3) is 5.79 Å². The molecule has 11 atom stereocenters. The zero-order chi connectivity index (χ0) is 31.6. The molecule has 3 heterocycles. The quantitative estimate of drug-likeness (QED) is 0.0957. The Morgan fingerprint density at radius 3 is 2.52 bits per heavy atom. The minimum atomic E-state index is -5.54. The average molecular weight is 629 g/mol. The number of anilines is 1. The number of amides is 1. The minimum absolute atomic E-state index is 0.140. The minimum Gasteiger partial charge on any atom is -0.477 e. The van der Waals surface area contributed by atoms with Gasteiger partial charge in [-0.3, -0.25) is 13.9 Å². The Hall–Kier alpha value is -2.63. The standard InChI is InChI=1S/C20H32N5O16P/c21-4-11(29)24-12-7(27)3-20(18(33)34,40-16(12)13(30)8(28)5-26)41-42(36,37)38-6-9-14(31)15(32)17(39-9)25-2-1-10(22)23-19(25)35/h1-2,7-9,12-17,26-28,30-32H,3-6,21H2,(H,24,29)(H,33,34)(H,36,37)(H2,22,23,35)/t7?,8-,9?,12-,13-,14-,15-,16?,17-,20-/m1/s1. The van der Waals surface area contributed by atoms with E-state index in [0.29, 0.717) is 0 Å². The Labute approximate surface area is 235 Å². The molecule has 0 radical (unpaired) electrons. The molecule has 2 fully saturated rings. The molecular weight excluding hydrogens is 597 g/mol. The van der Waals surface area contributed by atoms with Crippen molar-refractivity contribution in [2.24, 2.45) is 5.73 Å². The van der Waals surface area contributed by atoms with Gasteiger partial charge in [-0.1, -0.05) is 0 Å². The number of carbonyl (C=O) groups is 2. The summed E-state index contributed by atoms with van der Waals surface area (Å²) in [7, 11) is -5.54. The van der Waals surface area contributed by atoms with Crippen LogP contribution in [0.4, 0.5) is 5.82 Å². The number of hydrogen-bond acceptors (Lipinski definition) is 17. The summed E-state index contributed by atoms with van der Waals surface area (Å²) in [6.07, 6.45) is -14.9. The highest BCUT2D eigenvalue weighted by molar-refractivity contribution is 7.47. The second kappa shape index (κ2) is 13.3. The molecule has 2 aliphatic rings. The van der Waals surface area contributed by atoms with Crippen LogP contribution < -0.4 is 22.5 Å². The number of aliphatic hydroxyl groups excluding tert-OH is 6. The first-order valence-electron chi connectivity index (χ1n) is 12.2. The third-order valence-electron chi connectivity index (χ3n) is 6.46. The molecule has 3 rings (SSSR count). The summed E-state index contributed by atoms with van der Waals surface area (Å²) in [5.41, 5.74) is 9.68. The smallest absolute Gasteiger partial charge is 0.475 e. The second-order valence-corrected chi connectivity index (χ2v) is 10.8. The van der Waals surface area contributed by atoms with E-state index in [0.717, 1.165) is 10.8 Å². The number of nitrogens with zero attached hydrogens (tertiary/aromatic N) is 2. The van der Waals surface area contributed by atoms with E-state index in [1.807, 2.05) is 0 Å². The van der Waals surface area contributed by atoms with Crippen LogP contribution in [-0.4, -0.2) is 136 Å². The Bertz CT molecular complexity index is 1240. The maximum atomic E-state index is 12.8. The lowest BCUT2D eigenvalue weighted by Crippen LogP contribution is -2.68. The molecule has 1 aromatic heterocycles. The first-order chi connectivity index (χ1) is 19.6. The van der Waals surface area contributed by atoms with Crippen LogP contribution in [0.25, 0.3) is 0 Å². The molecule has 0 aromatic carbocycles. The molecule has 238 valence electrons. The van der Waals surface area contributed by atoms with Gasteiger partial charge in [0, 0.05) is 12.6 Å². The van der Waals surface area contributed by atoms with Crippen molar-refractivity contribution >= 4 is 25.5 Å². The van der Waals surface area contributed by atoms with Crippen LogP contribution >= 0.6 is 7.82 Å². The number of nitrogen functional groups attached to an aromatic ring is 1. The summed E-state index contributed by atoms with van der Waals surface area (Å²) in [4.78, 5) is 49.9. The number of carbonyl (C=O) groups excluding carboxylic acids is 1. The SMILES string of the molecule is NCC(=O)N[C@@H]1C(O)C[C@@](OP(=O)(O)OCC2O[C@@H](n3ccc(N)nc3=O)[C@H](O)[C@@H]2O)(C(=O)O)OC1[C@H](O)[C@H](O)CO. The van der Waals surface area contributed by atoms with Crippen molar-refractivity contribution in [1.82, 2.24) is 14.9 Å². The van der Waals surface area contributed by atoms with Gasteiger partial charge in [0.05, 0.1) is 31.9 Å². The molecule has 0 aliphatic carbocycles. The Morgan fingerprint density at radius 2 is 1.95 bits per heavy atom. The predicted octanol–water partition coefficient (Wildman–Crippen LogP) is -6.33. The lowest BCUT2D eigenvalue weighted by Gasteiger charge is -2.46. The summed E-state index contributed by atoms with van der Waals surface area (Å²) in [6.45, 7) is -2.71. The molecular formula is C20H32N5O16P. The van der Waals surface area contributed by atoms with Gasteiger partial charge >= 0.3 is 19.5 Å². The van der Waals surface area contributed by atoms with Gasteiger partial charge in [0.2, 0.25) is 5.91 Å². The summed E-state index contributed by atoms with van der Waals surface area (Å²) in [5.74, 6) is -6.39. The second-order valence-electron chi connectivity index (χ2n) is 9.39. The number of nitrogens with two attached hydrogens (primary N) is 2. The van der Waals surface area contributed by atoms with Crippen LogP contribution in [0.3, 0.4) is 0 Å². The van der Waals surface area contributed by atoms with E-state index < -0.39 is 112 Å². The van der Waals surface area contributed by atoms with Crippen molar-refractivity contribution < 1.29 is 73.3 Å². The van der Waals surface area contributed by atoms with E-state index in [2.05, 4.69) is 10.3 Å². The van der Waals surface area contributed by atoms with Gasteiger partial charge in [-0.15, -0.1) is 0 Å². The number of aliphatic hydroxyl groups is 6. The van der Waals surface area contributed by atoms with Crippen molar-refractivity contribution in [3.63, 3.8) is 0 Å². The molecule has 42 heavy (non-hydrogen) atoms. The third-order valence-corrected chi connectivity index (χ3v) is 7.46. The maximum Gasteiger partial charge on any atom is 0.475 e. The Kier molecular flexibility index (Phi) is 10.8. The molecule has 13 N–H and O–H groups in total. The molecule has 4 unspecified atom stereocenters. The Morgan fingerprint density at radius 1 is 1.29 bits per heavy atom. The van der Waals surface area contributed by atoms with E-state index in [4.69, 9.17) is 30.0 Å². The van der Waals surface area contributed by atoms with Gasteiger partial charge in [-0.2, -0.15) is 4.98 Å². The maximum absolute atomic E-state index is 12.8. The number of ether oxygens (including phenoxy) is 2. The molecule has 22 heteroatoms. The molecule has 21 nitrogen and oxygen atoms in total. The molecule has 1 aromatic rings. The van der Waals surface area contributed by atoms with E-state index in [9.17, 15) is 59.6 Å². The largest absolute Gasteiger partial charge is 0.477 e. The topological polar surface area (TPSA) is 349 Å². The number of hydrogen-bond donors (Lipinski definition) is 11. The number of nitrogens with one attached hydrogen (secondary N) is 1. The normalized spacial score (nSPS) is 34.3. The first-order valence-corrected chi connectivity index (χ1v) is 13.7. The first kappa shape index (κ1) is 33.9. The van der Waals surface area contributed by atoms with Crippen molar-refractivity contribution in [2.45, 2.75) is 67.2 Å². The van der Waals surface area contributed by atoms with Crippen LogP contribution in [0.5, 0.6) is 0 Å². The number of phosphoric acid groups is 1. The van der Waals surface area contributed by atoms with E-state index >= 15 is 0 Å². The van der Waals surface area contributed by atoms with Crippen molar-refractivity contribution in [3.05, 3.63) is 22.7 Å². The lowest BCUT2D eigenvalue weighted by atomic mass is 9.88. The fourth-order valence-electron chi connectivity index (χ4n) is 4.33. The highest BCUT2D eigenvalue weighted by atomic mass is 31.2. The molecule has 0 bridgehead atoms. The van der Waals surface area contributed by atoms with Crippen LogP contribution in [-0.2, 0) is 32.7 Å². The lowest BCUT2D eigenvalue weighted by molar-refractivity contribution is -0.289. The van der Waals surface area contributed by atoms with Gasteiger partial charge in [-0.25, -0.2) is 18.7 Å². The van der Waals surface area contributed by atoms with E-state index in [1.54, 1.807) is 0 Å². The molecule has 2 saturated heterocycles. The van der Waals surface area contributed by atoms with Crippen LogP contribution in [0.15, 0.2) is 17.1 Å². The average Bonchev–Trinajstić information content (AvgIpc) is 3.20. The Balaban J connectivity index is 1.79. The fraction of sp³-hybridized carbons (Fsp3) is 0.700. The van der Waals surface area contributed by atoms with Gasteiger partial charge in [0.1, 0.15) is 42.4 Å². The van der Waals surface area contributed by atoms with Gasteiger partial charge in [-0.05, 0) is 6.07 Å². The fourth-order valence-corrected chi connectivity index (χ4v) is 5.28. The van der Waals surface area contributed by atoms with Crippen LogP contribution in [0, 0.1) is 0 Å². The zero-order valence-electron chi connectivity index (χ0n) is 21.5. The molecule has 1 amide bonds. The van der Waals surface area contributed by atoms with Crippen molar-refractivity contribution in [2.75, 3.05) is 25.5 Å². The summed E-state index contributed by atoms with van der Waals surface area (Å²) in [6, 6.07) is -0.442. The third kappa shape index (κ3) is 7.29. The van der Waals surface area contributed by atoms with E-state index in [-0.39, 0.29) is 5.82 Å². The number of aromatic nitrogens is 2. The van der Waals surface area contributed by atoms with Crippen LogP contribution in [0.2, 0.25) is 0 Å². The predicted molar refractivity (Wildman–Crippen MR) is 132 cm³/mol. The number of aliphatic carboxylic acids is 1. The van der Waals surface area contributed by atoms with Crippen molar-refractivity contribution in [1.29, 1.82) is 0 Å². The summed E-state index contributed by atoms with van der Waals surface area (Å²) in [5, 5.41) is 72.8. The van der Waals surface area contributed by atoms with Gasteiger partial charge < -0.3 is 66.9 Å². The zero-order valence-corrected chi connectivity index (χ0v) is 22.4. The molecule has 0 saturated carbocycles. The molecule has 0 spiro atoms. The number of rotatable bonds is 12. The monoisotopic (exact) mass is 629 g/mol. The number of phosphoric ester groups is 1. The summed E-state index contributed by atoms with van der Waals surface area (Å²) >= 11 is 0. The number of carboxylic acids is 1. The number of carboxylic acid groups (broad SMARTS) is 1.